The number of hydrogen-bond acceptors (Lipinski definition) is 4. The largest absolute Gasteiger partial charge is 0.494 e. The number of hydrogen-bond donors (Lipinski definition) is 1. The summed E-state index contributed by atoms with van der Waals surface area (Å²) < 4.78 is 11.1. The van der Waals surface area contributed by atoms with E-state index in [1.165, 1.54) is 0 Å². The molecule has 0 spiro atoms. The number of nitrogens with zero attached hydrogens (tertiary/aromatic N) is 1. The van der Waals surface area contributed by atoms with E-state index in [0.29, 0.717) is 19.7 Å². The van der Waals surface area contributed by atoms with Gasteiger partial charge in [-0.2, -0.15) is 0 Å². The molecule has 1 aliphatic rings. The van der Waals surface area contributed by atoms with E-state index >= 15 is 0 Å². The van der Waals surface area contributed by atoms with Crippen LogP contribution in [-0.2, 0) is 4.74 Å². The van der Waals surface area contributed by atoms with Crippen LogP contribution in [-0.4, -0.2) is 42.3 Å². The summed E-state index contributed by atoms with van der Waals surface area (Å²) >= 11 is 0. The molecule has 1 atom stereocenters. The number of carbonyl (C=O) groups excluding carboxylic acids is 1. The predicted octanol–water partition coefficient (Wildman–Crippen LogP) is 3.36. The summed E-state index contributed by atoms with van der Waals surface area (Å²) in [6.07, 6.45) is -0.238. The fraction of sp³-hybridized carbons (Fsp3) is 0.611. The quantitative estimate of drug-likeness (QED) is 0.904. The molecule has 1 fully saturated rings. The SMILES string of the molecule is CCOc1ccccc1C(C)NC1CN(C(=O)OC(C)(C)C)C1. The maximum Gasteiger partial charge on any atom is 0.410 e. The van der Waals surface area contributed by atoms with Gasteiger partial charge in [0.15, 0.2) is 0 Å². The summed E-state index contributed by atoms with van der Waals surface area (Å²) in [6.45, 7) is 11.8. The van der Waals surface area contributed by atoms with Crippen LogP contribution in [0.4, 0.5) is 4.79 Å². The Labute approximate surface area is 139 Å². The number of nitrogens with one attached hydrogen (secondary N) is 1. The van der Waals surface area contributed by atoms with E-state index in [1.54, 1.807) is 4.90 Å². The lowest BCUT2D eigenvalue weighted by atomic mass is 10.0. The van der Waals surface area contributed by atoms with Crippen LogP contribution in [0.1, 0.15) is 46.2 Å². The van der Waals surface area contributed by atoms with Gasteiger partial charge in [0.25, 0.3) is 0 Å². The van der Waals surface area contributed by atoms with Crippen LogP contribution in [0.5, 0.6) is 5.75 Å². The Morgan fingerprint density at radius 1 is 1.35 bits per heavy atom. The van der Waals surface area contributed by atoms with Crippen molar-refractivity contribution in [2.75, 3.05) is 19.7 Å². The van der Waals surface area contributed by atoms with Gasteiger partial charge in [0.1, 0.15) is 11.4 Å². The van der Waals surface area contributed by atoms with E-state index in [2.05, 4.69) is 18.3 Å². The molecule has 5 heteroatoms. The monoisotopic (exact) mass is 320 g/mol. The Bertz CT molecular complexity index is 533. The summed E-state index contributed by atoms with van der Waals surface area (Å²) in [5.41, 5.74) is 0.698. The first-order valence-corrected chi connectivity index (χ1v) is 8.26. The van der Waals surface area contributed by atoms with Crippen LogP contribution >= 0.6 is 0 Å². The van der Waals surface area contributed by atoms with E-state index in [-0.39, 0.29) is 18.2 Å². The lowest BCUT2D eigenvalue weighted by Gasteiger charge is -2.41. The highest BCUT2D eigenvalue weighted by molar-refractivity contribution is 5.69. The molecule has 0 radical (unpaired) electrons. The molecule has 1 amide bonds. The van der Waals surface area contributed by atoms with Crippen molar-refractivity contribution in [3.8, 4) is 5.75 Å². The van der Waals surface area contributed by atoms with Crippen molar-refractivity contribution in [3.05, 3.63) is 29.8 Å². The number of benzene rings is 1. The molecule has 0 aliphatic carbocycles. The first-order valence-electron chi connectivity index (χ1n) is 8.26. The van der Waals surface area contributed by atoms with Gasteiger partial charge >= 0.3 is 6.09 Å². The van der Waals surface area contributed by atoms with Crippen LogP contribution in [0.2, 0.25) is 0 Å². The Hall–Kier alpha value is -1.75. The Kier molecular flexibility index (Phi) is 5.52. The second-order valence-corrected chi connectivity index (χ2v) is 6.94. The third kappa shape index (κ3) is 4.86. The Morgan fingerprint density at radius 3 is 2.61 bits per heavy atom. The molecule has 1 unspecified atom stereocenters. The van der Waals surface area contributed by atoms with Gasteiger partial charge in [-0.05, 0) is 40.7 Å². The van der Waals surface area contributed by atoms with Gasteiger partial charge in [-0.25, -0.2) is 4.79 Å². The highest BCUT2D eigenvalue weighted by atomic mass is 16.6. The minimum atomic E-state index is -0.445. The van der Waals surface area contributed by atoms with Gasteiger partial charge in [-0.3, -0.25) is 0 Å². The van der Waals surface area contributed by atoms with Crippen LogP contribution in [0.15, 0.2) is 24.3 Å². The topological polar surface area (TPSA) is 50.8 Å². The molecule has 2 rings (SSSR count). The zero-order valence-corrected chi connectivity index (χ0v) is 14.8. The molecule has 0 bridgehead atoms. The molecule has 1 N–H and O–H groups in total. The summed E-state index contributed by atoms with van der Waals surface area (Å²) in [7, 11) is 0. The van der Waals surface area contributed by atoms with E-state index in [1.807, 2.05) is 45.9 Å². The van der Waals surface area contributed by atoms with Crippen molar-refractivity contribution in [2.45, 2.75) is 52.3 Å². The zero-order chi connectivity index (χ0) is 17.0. The highest BCUT2D eigenvalue weighted by Gasteiger charge is 2.34. The molecule has 1 aromatic rings. The average molecular weight is 320 g/mol. The third-order valence-corrected chi connectivity index (χ3v) is 3.70. The molecule has 1 heterocycles. The molecule has 1 saturated heterocycles. The lowest BCUT2D eigenvalue weighted by Crippen LogP contribution is -2.60. The van der Waals surface area contributed by atoms with E-state index in [0.717, 1.165) is 11.3 Å². The van der Waals surface area contributed by atoms with E-state index in [4.69, 9.17) is 9.47 Å². The summed E-state index contributed by atoms with van der Waals surface area (Å²) in [6, 6.07) is 8.52. The minimum absolute atomic E-state index is 0.170. The first kappa shape index (κ1) is 17.6. The molecule has 128 valence electrons. The Morgan fingerprint density at radius 2 is 2.00 bits per heavy atom. The van der Waals surface area contributed by atoms with Gasteiger partial charge in [0.05, 0.1) is 6.61 Å². The van der Waals surface area contributed by atoms with Crippen molar-refractivity contribution < 1.29 is 14.3 Å². The zero-order valence-electron chi connectivity index (χ0n) is 14.8. The standard InChI is InChI=1S/C18H28N2O3/c1-6-22-16-10-8-7-9-15(16)13(2)19-14-11-20(12-14)17(21)23-18(3,4)5/h7-10,13-14,19H,6,11-12H2,1-5H3. The summed E-state index contributed by atoms with van der Waals surface area (Å²) in [5, 5.41) is 3.55. The molecule has 5 nitrogen and oxygen atoms in total. The number of amides is 1. The number of likely N-dealkylation sites (tertiary alicyclic amines) is 1. The highest BCUT2D eigenvalue weighted by Crippen LogP contribution is 2.26. The number of ether oxygens (including phenoxy) is 2. The fourth-order valence-electron chi connectivity index (χ4n) is 2.63. The van der Waals surface area contributed by atoms with Gasteiger partial charge in [-0.15, -0.1) is 0 Å². The van der Waals surface area contributed by atoms with Crippen molar-refractivity contribution in [1.82, 2.24) is 10.2 Å². The maximum absolute atomic E-state index is 11.9. The normalized spacial score (nSPS) is 16.7. The molecule has 0 aromatic heterocycles. The van der Waals surface area contributed by atoms with Crippen LogP contribution in [0.3, 0.4) is 0 Å². The van der Waals surface area contributed by atoms with E-state index < -0.39 is 5.60 Å². The third-order valence-electron chi connectivity index (χ3n) is 3.70. The van der Waals surface area contributed by atoms with Crippen molar-refractivity contribution in [1.29, 1.82) is 0 Å². The molecular formula is C18H28N2O3. The van der Waals surface area contributed by atoms with Crippen molar-refractivity contribution >= 4 is 6.09 Å². The van der Waals surface area contributed by atoms with Crippen LogP contribution < -0.4 is 10.1 Å². The van der Waals surface area contributed by atoms with Gasteiger partial charge in [0, 0.05) is 30.7 Å². The van der Waals surface area contributed by atoms with Crippen LogP contribution in [0.25, 0.3) is 0 Å². The second-order valence-electron chi connectivity index (χ2n) is 6.94. The number of carbonyl (C=O) groups is 1. The fourth-order valence-corrected chi connectivity index (χ4v) is 2.63. The average Bonchev–Trinajstić information content (AvgIpc) is 2.41. The summed E-state index contributed by atoms with van der Waals surface area (Å²) in [4.78, 5) is 13.7. The molecule has 0 saturated carbocycles. The maximum atomic E-state index is 11.9. The van der Waals surface area contributed by atoms with Gasteiger partial charge < -0.3 is 19.7 Å². The molecular weight excluding hydrogens is 292 g/mol. The van der Waals surface area contributed by atoms with Gasteiger partial charge in [-0.1, -0.05) is 18.2 Å². The molecule has 1 aliphatic heterocycles. The lowest BCUT2D eigenvalue weighted by molar-refractivity contribution is 0.00430. The number of para-hydroxylation sites is 1. The smallest absolute Gasteiger partial charge is 0.410 e. The number of rotatable bonds is 5. The minimum Gasteiger partial charge on any atom is -0.494 e. The predicted molar refractivity (Wildman–Crippen MR) is 90.8 cm³/mol. The Balaban J connectivity index is 1.85. The van der Waals surface area contributed by atoms with Crippen molar-refractivity contribution in [2.24, 2.45) is 0 Å². The molecule has 23 heavy (non-hydrogen) atoms. The van der Waals surface area contributed by atoms with E-state index in [9.17, 15) is 4.79 Å². The van der Waals surface area contributed by atoms with Gasteiger partial charge in [0.2, 0.25) is 0 Å². The first-order chi connectivity index (χ1) is 10.8. The van der Waals surface area contributed by atoms with Crippen molar-refractivity contribution in [3.63, 3.8) is 0 Å². The summed E-state index contributed by atoms with van der Waals surface area (Å²) in [5.74, 6) is 0.915. The second kappa shape index (κ2) is 7.21. The molecule has 1 aromatic carbocycles. The van der Waals surface area contributed by atoms with Crippen LogP contribution in [0, 0.1) is 0 Å².